The third-order valence-corrected chi connectivity index (χ3v) is 6.75. The third-order valence-electron chi connectivity index (χ3n) is 3.80. The second-order valence-corrected chi connectivity index (χ2v) is 8.76. The van der Waals surface area contributed by atoms with Gasteiger partial charge in [0.2, 0.25) is 10.9 Å². The molecule has 0 saturated carbocycles. The summed E-state index contributed by atoms with van der Waals surface area (Å²) in [6.45, 7) is 2.01. The van der Waals surface area contributed by atoms with Crippen LogP contribution < -0.4 is 5.32 Å². The van der Waals surface area contributed by atoms with Gasteiger partial charge in [0.1, 0.15) is 16.9 Å². The number of thiophene rings is 1. The van der Waals surface area contributed by atoms with Gasteiger partial charge in [0.05, 0.1) is 12.4 Å². The molecule has 0 unspecified atom stereocenters. The van der Waals surface area contributed by atoms with Crippen LogP contribution in [0.5, 0.6) is 0 Å². The molecule has 0 fully saturated rings. The SMILES string of the molecule is CCOC(=O)c1c(-c2ccccc2)csc1NC(=O)CSc1nn2cnnc2s1. The number of thioether (sulfide) groups is 1. The lowest BCUT2D eigenvalue weighted by Gasteiger charge is -2.08. The van der Waals surface area contributed by atoms with Crippen molar-refractivity contribution in [2.24, 2.45) is 0 Å². The average molecular weight is 446 g/mol. The second kappa shape index (κ2) is 8.72. The van der Waals surface area contributed by atoms with Gasteiger partial charge >= 0.3 is 5.97 Å². The fraction of sp³-hybridized carbons (Fsp3) is 0.167. The molecule has 1 amide bonds. The molecule has 148 valence electrons. The quantitative estimate of drug-likeness (QED) is 0.341. The van der Waals surface area contributed by atoms with E-state index in [9.17, 15) is 9.59 Å². The smallest absolute Gasteiger partial charge is 0.341 e. The van der Waals surface area contributed by atoms with Crippen LogP contribution in [0.2, 0.25) is 0 Å². The maximum atomic E-state index is 12.6. The number of carbonyl (C=O) groups is 2. The van der Waals surface area contributed by atoms with E-state index >= 15 is 0 Å². The van der Waals surface area contributed by atoms with Gasteiger partial charge in [-0.2, -0.15) is 4.52 Å². The van der Waals surface area contributed by atoms with Gasteiger partial charge in [0.25, 0.3) is 0 Å². The Bertz CT molecular complexity index is 1120. The van der Waals surface area contributed by atoms with Crippen LogP contribution in [0.1, 0.15) is 17.3 Å². The summed E-state index contributed by atoms with van der Waals surface area (Å²) in [4.78, 5) is 25.7. The minimum Gasteiger partial charge on any atom is -0.462 e. The number of carbonyl (C=O) groups excluding carboxylic acids is 2. The number of benzene rings is 1. The lowest BCUT2D eigenvalue weighted by Crippen LogP contribution is -2.16. The van der Waals surface area contributed by atoms with Gasteiger partial charge in [-0.05, 0) is 12.5 Å². The van der Waals surface area contributed by atoms with E-state index in [1.807, 2.05) is 35.7 Å². The first-order valence-electron chi connectivity index (χ1n) is 8.59. The summed E-state index contributed by atoms with van der Waals surface area (Å²) in [7, 11) is 0. The number of esters is 1. The van der Waals surface area contributed by atoms with E-state index in [1.54, 1.807) is 11.4 Å². The van der Waals surface area contributed by atoms with Crippen molar-refractivity contribution in [2.75, 3.05) is 17.7 Å². The first kappa shape index (κ1) is 19.6. The lowest BCUT2D eigenvalue weighted by molar-refractivity contribution is -0.113. The van der Waals surface area contributed by atoms with Gasteiger partial charge in [-0.3, -0.25) is 4.79 Å². The normalized spacial score (nSPS) is 10.9. The van der Waals surface area contributed by atoms with E-state index in [1.165, 1.54) is 40.8 Å². The van der Waals surface area contributed by atoms with Crippen LogP contribution in [0.3, 0.4) is 0 Å². The standard InChI is InChI=1S/C18H15N5O3S3/c1-2-26-16(25)14-12(11-6-4-3-5-7-11)8-27-15(14)20-13(24)9-28-18-22-23-10-19-21-17(23)29-18/h3-8,10H,2,9H2,1H3,(H,20,24). The molecule has 1 N–H and O–H groups in total. The first-order valence-corrected chi connectivity index (χ1v) is 11.3. The Hall–Kier alpha value is -2.76. The molecule has 11 heteroatoms. The van der Waals surface area contributed by atoms with Crippen LogP contribution in [-0.2, 0) is 9.53 Å². The Balaban J connectivity index is 1.51. The number of hydrogen-bond donors (Lipinski definition) is 1. The second-order valence-electron chi connectivity index (χ2n) is 5.70. The van der Waals surface area contributed by atoms with Gasteiger partial charge in [-0.25, -0.2) is 4.79 Å². The van der Waals surface area contributed by atoms with Crippen LogP contribution in [0.4, 0.5) is 5.00 Å². The van der Waals surface area contributed by atoms with Gasteiger partial charge in [-0.1, -0.05) is 53.4 Å². The van der Waals surface area contributed by atoms with Gasteiger partial charge in [-0.15, -0.1) is 26.6 Å². The molecule has 0 aliphatic rings. The molecule has 3 heterocycles. The lowest BCUT2D eigenvalue weighted by atomic mass is 10.0. The van der Waals surface area contributed by atoms with Crippen LogP contribution in [-0.4, -0.2) is 44.0 Å². The Morgan fingerprint density at radius 1 is 1.28 bits per heavy atom. The molecule has 0 saturated heterocycles. The molecule has 0 bridgehead atoms. The van der Waals surface area contributed by atoms with Crippen LogP contribution in [0.25, 0.3) is 16.1 Å². The number of ether oxygens (including phenoxy) is 1. The molecule has 0 atom stereocenters. The van der Waals surface area contributed by atoms with E-state index in [0.29, 0.717) is 19.9 Å². The Morgan fingerprint density at radius 3 is 2.86 bits per heavy atom. The monoisotopic (exact) mass is 445 g/mol. The Morgan fingerprint density at radius 2 is 2.10 bits per heavy atom. The summed E-state index contributed by atoms with van der Waals surface area (Å²) in [5.74, 6) is -0.525. The van der Waals surface area contributed by atoms with Crippen LogP contribution in [0, 0.1) is 0 Å². The molecule has 4 rings (SSSR count). The van der Waals surface area contributed by atoms with E-state index in [2.05, 4.69) is 20.6 Å². The average Bonchev–Trinajstić information content (AvgIpc) is 3.42. The van der Waals surface area contributed by atoms with E-state index in [-0.39, 0.29) is 18.3 Å². The number of fused-ring (bicyclic) bond motifs is 1. The topological polar surface area (TPSA) is 98.5 Å². The number of nitrogens with one attached hydrogen (secondary N) is 1. The molecule has 0 radical (unpaired) electrons. The van der Waals surface area contributed by atoms with Crippen molar-refractivity contribution < 1.29 is 14.3 Å². The van der Waals surface area contributed by atoms with Crippen molar-refractivity contribution in [3.8, 4) is 11.1 Å². The zero-order chi connectivity index (χ0) is 20.2. The van der Waals surface area contributed by atoms with Crippen LogP contribution in [0.15, 0.2) is 46.4 Å². The molecular weight excluding hydrogens is 430 g/mol. The predicted octanol–water partition coefficient (Wildman–Crippen LogP) is 3.82. The maximum absolute atomic E-state index is 12.6. The van der Waals surface area contributed by atoms with Crippen molar-refractivity contribution in [1.82, 2.24) is 19.8 Å². The minimum atomic E-state index is -0.454. The highest BCUT2D eigenvalue weighted by atomic mass is 32.2. The number of aromatic nitrogens is 4. The number of nitrogens with zero attached hydrogens (tertiary/aromatic N) is 4. The summed E-state index contributed by atoms with van der Waals surface area (Å²) < 4.78 is 7.49. The van der Waals surface area contributed by atoms with Crippen molar-refractivity contribution in [3.05, 3.63) is 47.6 Å². The van der Waals surface area contributed by atoms with E-state index in [0.717, 1.165) is 11.1 Å². The van der Waals surface area contributed by atoms with Crippen molar-refractivity contribution in [1.29, 1.82) is 0 Å². The molecular formula is C18H15N5O3S3. The Kier molecular flexibility index (Phi) is 5.88. The minimum absolute atomic E-state index is 0.158. The number of amides is 1. The first-order chi connectivity index (χ1) is 14.2. The summed E-state index contributed by atoms with van der Waals surface area (Å²) >= 11 is 3.96. The molecule has 8 nitrogen and oxygen atoms in total. The molecule has 29 heavy (non-hydrogen) atoms. The fourth-order valence-corrected chi connectivity index (χ4v) is 5.21. The zero-order valence-corrected chi connectivity index (χ0v) is 17.6. The summed E-state index contributed by atoms with van der Waals surface area (Å²) in [5.41, 5.74) is 2.01. The summed E-state index contributed by atoms with van der Waals surface area (Å²) in [5, 5.41) is 17.1. The van der Waals surface area contributed by atoms with Crippen molar-refractivity contribution >= 4 is 56.3 Å². The Labute approximate surface area is 177 Å². The maximum Gasteiger partial charge on any atom is 0.341 e. The molecule has 4 aromatic rings. The van der Waals surface area contributed by atoms with Gasteiger partial charge < -0.3 is 10.1 Å². The molecule has 1 aromatic carbocycles. The number of hydrogen-bond acceptors (Lipinski definition) is 9. The van der Waals surface area contributed by atoms with Gasteiger partial charge in [0.15, 0.2) is 4.34 Å². The molecule has 0 aliphatic heterocycles. The molecule has 0 aliphatic carbocycles. The van der Waals surface area contributed by atoms with Crippen LogP contribution >= 0.6 is 34.4 Å². The fourth-order valence-electron chi connectivity index (χ4n) is 2.58. The zero-order valence-electron chi connectivity index (χ0n) is 15.2. The summed E-state index contributed by atoms with van der Waals surface area (Å²) in [6.07, 6.45) is 1.51. The third kappa shape index (κ3) is 4.31. The highest BCUT2D eigenvalue weighted by Crippen LogP contribution is 2.36. The highest BCUT2D eigenvalue weighted by molar-refractivity contribution is 8.01. The number of rotatable bonds is 7. The van der Waals surface area contributed by atoms with Crippen molar-refractivity contribution in [2.45, 2.75) is 11.3 Å². The number of anilines is 1. The van der Waals surface area contributed by atoms with Gasteiger partial charge in [0, 0.05) is 10.9 Å². The van der Waals surface area contributed by atoms with Crippen molar-refractivity contribution in [3.63, 3.8) is 0 Å². The summed E-state index contributed by atoms with van der Waals surface area (Å²) in [6, 6.07) is 9.54. The molecule has 3 aromatic heterocycles. The predicted molar refractivity (Wildman–Crippen MR) is 114 cm³/mol. The largest absolute Gasteiger partial charge is 0.462 e. The molecule has 0 spiro atoms. The highest BCUT2D eigenvalue weighted by Gasteiger charge is 2.23. The van der Waals surface area contributed by atoms with E-state index < -0.39 is 5.97 Å². The van der Waals surface area contributed by atoms with E-state index in [4.69, 9.17) is 4.74 Å².